The average molecular weight is 471 g/mol. The molecule has 0 aliphatic carbocycles. The van der Waals surface area contributed by atoms with E-state index in [0.717, 1.165) is 13.1 Å². The van der Waals surface area contributed by atoms with Crippen molar-refractivity contribution < 1.29 is 23.1 Å². The molecular formula is C25H28F2N4O3. The molecule has 0 saturated carbocycles. The van der Waals surface area contributed by atoms with E-state index in [1.54, 1.807) is 30.3 Å². The highest BCUT2D eigenvalue weighted by atomic mass is 19.1. The number of hydrazone groups is 1. The topological polar surface area (TPSA) is 65.5 Å². The minimum Gasteiger partial charge on any atom is -0.379 e. The number of carbonyl (C=O) groups is 2. The molecule has 0 unspecified atom stereocenters. The van der Waals surface area contributed by atoms with Gasteiger partial charge < -0.3 is 9.64 Å². The molecule has 1 atom stereocenters. The first-order valence-electron chi connectivity index (χ1n) is 11.4. The minimum atomic E-state index is -0.518. The summed E-state index contributed by atoms with van der Waals surface area (Å²) >= 11 is 0. The fourth-order valence-corrected chi connectivity index (χ4v) is 4.21. The number of hydrogen-bond donors (Lipinski definition) is 0. The fraction of sp³-hybridized carbons (Fsp3) is 0.400. The monoisotopic (exact) mass is 470 g/mol. The van der Waals surface area contributed by atoms with Gasteiger partial charge in [-0.05, 0) is 23.8 Å². The standard InChI is InChI=1S/C25H28F2N4O3/c1-18(32)30(11-10-29-12-14-34-15-13-29)17-25(33)31-24(19-6-8-20(26)9-7-19)16-23(28-31)21-4-2-3-5-22(21)27/h2-9,24H,10-17H2,1H3/t24-/m1/s1. The normalized spacial score (nSPS) is 18.6. The highest BCUT2D eigenvalue weighted by molar-refractivity contribution is 6.03. The van der Waals surface area contributed by atoms with E-state index in [1.807, 2.05) is 0 Å². The van der Waals surface area contributed by atoms with Gasteiger partial charge in [-0.25, -0.2) is 13.8 Å². The summed E-state index contributed by atoms with van der Waals surface area (Å²) in [5.74, 6) is -1.40. The lowest BCUT2D eigenvalue weighted by atomic mass is 9.98. The van der Waals surface area contributed by atoms with Gasteiger partial charge in [0, 0.05) is 45.1 Å². The number of morpholine rings is 1. The molecule has 1 saturated heterocycles. The Labute approximate surface area is 197 Å². The molecule has 0 radical (unpaired) electrons. The second-order valence-electron chi connectivity index (χ2n) is 8.43. The lowest BCUT2D eigenvalue weighted by Gasteiger charge is -2.30. The average Bonchev–Trinajstić information content (AvgIpc) is 3.28. The summed E-state index contributed by atoms with van der Waals surface area (Å²) in [6.45, 7) is 5.21. The Morgan fingerprint density at radius 3 is 2.47 bits per heavy atom. The van der Waals surface area contributed by atoms with Crippen molar-refractivity contribution in [2.45, 2.75) is 19.4 Å². The molecule has 2 amide bonds. The lowest BCUT2D eigenvalue weighted by Crippen LogP contribution is -2.45. The molecule has 4 rings (SSSR count). The van der Waals surface area contributed by atoms with E-state index >= 15 is 0 Å². The van der Waals surface area contributed by atoms with Gasteiger partial charge in [-0.1, -0.05) is 30.3 Å². The van der Waals surface area contributed by atoms with Crippen LogP contribution in [0.5, 0.6) is 0 Å². The molecule has 34 heavy (non-hydrogen) atoms. The molecule has 0 N–H and O–H groups in total. The third kappa shape index (κ3) is 5.66. The molecule has 180 valence electrons. The highest BCUT2D eigenvalue weighted by Crippen LogP contribution is 2.33. The Hall–Kier alpha value is -3.17. The zero-order chi connectivity index (χ0) is 24.1. The van der Waals surface area contributed by atoms with Crippen molar-refractivity contribution in [3.63, 3.8) is 0 Å². The molecule has 2 aromatic carbocycles. The molecule has 2 heterocycles. The summed E-state index contributed by atoms with van der Waals surface area (Å²) < 4.78 is 33.3. The molecule has 0 bridgehead atoms. The zero-order valence-electron chi connectivity index (χ0n) is 19.1. The second kappa shape index (κ2) is 10.8. The number of carbonyl (C=O) groups excluding carboxylic acids is 2. The molecule has 2 aliphatic heterocycles. The summed E-state index contributed by atoms with van der Waals surface area (Å²) in [5, 5.41) is 5.77. The van der Waals surface area contributed by atoms with E-state index in [0.29, 0.717) is 43.1 Å². The Kier molecular flexibility index (Phi) is 7.64. The van der Waals surface area contributed by atoms with Crippen LogP contribution in [0.2, 0.25) is 0 Å². The van der Waals surface area contributed by atoms with Crippen molar-refractivity contribution in [2.24, 2.45) is 5.10 Å². The van der Waals surface area contributed by atoms with Crippen molar-refractivity contribution in [3.05, 3.63) is 71.3 Å². The molecule has 2 aromatic rings. The number of nitrogens with zero attached hydrogens (tertiary/aromatic N) is 4. The van der Waals surface area contributed by atoms with Crippen molar-refractivity contribution >= 4 is 17.5 Å². The van der Waals surface area contributed by atoms with Crippen LogP contribution in [0.4, 0.5) is 8.78 Å². The summed E-state index contributed by atoms with van der Waals surface area (Å²) in [6, 6.07) is 11.6. The first-order valence-corrected chi connectivity index (χ1v) is 11.4. The van der Waals surface area contributed by atoms with Crippen LogP contribution in [-0.4, -0.2) is 78.3 Å². The van der Waals surface area contributed by atoms with Crippen molar-refractivity contribution in [2.75, 3.05) is 45.9 Å². The molecular weight excluding hydrogens is 442 g/mol. The number of benzene rings is 2. The van der Waals surface area contributed by atoms with Gasteiger partial charge in [-0.15, -0.1) is 0 Å². The van der Waals surface area contributed by atoms with E-state index in [4.69, 9.17) is 4.74 Å². The molecule has 0 spiro atoms. The lowest BCUT2D eigenvalue weighted by molar-refractivity contribution is -0.140. The first-order chi connectivity index (χ1) is 16.4. The summed E-state index contributed by atoms with van der Waals surface area (Å²) in [6.07, 6.45) is 0.284. The van der Waals surface area contributed by atoms with Gasteiger partial charge in [0.05, 0.1) is 25.0 Å². The van der Waals surface area contributed by atoms with Gasteiger partial charge in [-0.3, -0.25) is 14.5 Å². The third-order valence-corrected chi connectivity index (χ3v) is 6.17. The van der Waals surface area contributed by atoms with Crippen molar-refractivity contribution in [3.8, 4) is 0 Å². The molecule has 9 heteroatoms. The van der Waals surface area contributed by atoms with Gasteiger partial charge in [0.25, 0.3) is 5.91 Å². The van der Waals surface area contributed by atoms with E-state index in [-0.39, 0.29) is 30.6 Å². The highest BCUT2D eigenvalue weighted by Gasteiger charge is 2.34. The van der Waals surface area contributed by atoms with Gasteiger partial charge in [0.2, 0.25) is 5.91 Å². The predicted molar refractivity (Wildman–Crippen MR) is 123 cm³/mol. The van der Waals surface area contributed by atoms with E-state index in [9.17, 15) is 18.4 Å². The van der Waals surface area contributed by atoms with Crippen LogP contribution in [0.15, 0.2) is 53.6 Å². The largest absolute Gasteiger partial charge is 0.379 e. The maximum atomic E-state index is 14.4. The van der Waals surface area contributed by atoms with Gasteiger partial charge in [-0.2, -0.15) is 5.10 Å². The third-order valence-electron chi connectivity index (χ3n) is 6.17. The number of halogens is 2. The molecule has 2 aliphatic rings. The van der Waals surface area contributed by atoms with Crippen LogP contribution in [-0.2, 0) is 14.3 Å². The molecule has 0 aromatic heterocycles. The molecule has 7 nitrogen and oxygen atoms in total. The van der Waals surface area contributed by atoms with Crippen LogP contribution in [0.3, 0.4) is 0 Å². The fourth-order valence-electron chi connectivity index (χ4n) is 4.21. The van der Waals surface area contributed by atoms with Gasteiger partial charge in [0.15, 0.2) is 0 Å². The summed E-state index contributed by atoms with van der Waals surface area (Å²) in [7, 11) is 0. The predicted octanol–water partition coefficient (Wildman–Crippen LogP) is 2.82. The van der Waals surface area contributed by atoms with E-state index in [2.05, 4.69) is 10.0 Å². The van der Waals surface area contributed by atoms with E-state index in [1.165, 1.54) is 35.0 Å². The van der Waals surface area contributed by atoms with Crippen LogP contribution < -0.4 is 0 Å². The Bertz CT molecular complexity index is 1050. The molecule has 1 fully saturated rings. The van der Waals surface area contributed by atoms with Crippen molar-refractivity contribution in [1.29, 1.82) is 0 Å². The van der Waals surface area contributed by atoms with Gasteiger partial charge in [0.1, 0.15) is 18.2 Å². The second-order valence-corrected chi connectivity index (χ2v) is 8.43. The quantitative estimate of drug-likeness (QED) is 0.624. The Morgan fingerprint density at radius 1 is 1.09 bits per heavy atom. The SMILES string of the molecule is CC(=O)N(CCN1CCOCC1)CC(=O)N1N=C(c2ccccc2F)C[C@@H]1c1ccc(F)cc1. The van der Waals surface area contributed by atoms with Gasteiger partial charge >= 0.3 is 0 Å². The summed E-state index contributed by atoms with van der Waals surface area (Å²) in [5.41, 5.74) is 1.44. The van der Waals surface area contributed by atoms with E-state index < -0.39 is 11.9 Å². The Morgan fingerprint density at radius 2 is 1.79 bits per heavy atom. The first kappa shape index (κ1) is 24.0. The maximum Gasteiger partial charge on any atom is 0.262 e. The number of amides is 2. The van der Waals surface area contributed by atoms with Crippen LogP contribution in [0.1, 0.15) is 30.5 Å². The zero-order valence-corrected chi connectivity index (χ0v) is 19.1. The number of hydrogen-bond acceptors (Lipinski definition) is 5. The Balaban J connectivity index is 1.53. The van der Waals surface area contributed by atoms with Crippen LogP contribution in [0.25, 0.3) is 0 Å². The summed E-state index contributed by atoms with van der Waals surface area (Å²) in [4.78, 5) is 29.3. The van der Waals surface area contributed by atoms with Crippen molar-refractivity contribution in [1.82, 2.24) is 14.8 Å². The minimum absolute atomic E-state index is 0.147. The smallest absolute Gasteiger partial charge is 0.262 e. The van der Waals surface area contributed by atoms with Crippen LogP contribution in [0, 0.1) is 11.6 Å². The number of ether oxygens (including phenoxy) is 1. The van der Waals surface area contributed by atoms with Crippen LogP contribution >= 0.6 is 0 Å². The maximum absolute atomic E-state index is 14.4. The number of rotatable bonds is 7.